The molecule has 0 atom stereocenters. The zero-order valence-corrected chi connectivity index (χ0v) is 13.1. The van der Waals surface area contributed by atoms with Crippen molar-refractivity contribution in [2.75, 3.05) is 0 Å². The van der Waals surface area contributed by atoms with Crippen molar-refractivity contribution in [1.82, 2.24) is 19.7 Å². The van der Waals surface area contributed by atoms with Crippen molar-refractivity contribution in [3.63, 3.8) is 0 Å². The van der Waals surface area contributed by atoms with Crippen molar-refractivity contribution in [2.45, 2.75) is 0 Å². The first-order valence-electron chi connectivity index (χ1n) is 7.08. The maximum atomic E-state index is 11.3. The number of nitro benzene ring substituents is 2. The van der Waals surface area contributed by atoms with Crippen LogP contribution in [0.25, 0.3) is 22.2 Å². The standard InChI is InChI=1S/C11H4N9O8/c21-16(22)4-1-5-9(6(2-4)17(23)24)13-20-14-10-7(18(25)26)3-8(19(27)28)12-11(10)15(5)20/h1-3H,(H,13,14)/q+1. The van der Waals surface area contributed by atoms with Gasteiger partial charge in [0, 0.05) is 6.07 Å². The normalized spacial score (nSPS) is 11.3. The lowest BCUT2D eigenvalue weighted by molar-refractivity contribution is -0.722. The van der Waals surface area contributed by atoms with Crippen LogP contribution in [-0.4, -0.2) is 39.4 Å². The topological polar surface area (TPSA) is 223 Å². The van der Waals surface area contributed by atoms with Crippen LogP contribution >= 0.6 is 0 Å². The molecule has 1 aromatic carbocycles. The molecule has 28 heavy (non-hydrogen) atoms. The Balaban J connectivity index is 2.24. The predicted molar refractivity (Wildman–Crippen MR) is 84.6 cm³/mol. The Labute approximate surface area is 149 Å². The molecule has 0 spiro atoms. The minimum absolute atomic E-state index is 0.200. The second kappa shape index (κ2) is 5.33. The number of rotatable bonds is 4. The molecule has 0 radical (unpaired) electrons. The van der Waals surface area contributed by atoms with Crippen molar-refractivity contribution in [1.29, 1.82) is 0 Å². The molecule has 17 nitrogen and oxygen atoms in total. The Morgan fingerprint density at radius 3 is 2.14 bits per heavy atom. The number of hydrogen-bond acceptors (Lipinski definition) is 10. The lowest BCUT2D eigenvalue weighted by Crippen LogP contribution is -2.31. The molecule has 0 aliphatic rings. The summed E-state index contributed by atoms with van der Waals surface area (Å²) in [6.07, 6.45) is 0. The van der Waals surface area contributed by atoms with Gasteiger partial charge in [0.2, 0.25) is 5.52 Å². The third-order valence-electron chi connectivity index (χ3n) is 3.84. The van der Waals surface area contributed by atoms with E-state index in [1.807, 2.05) is 0 Å². The predicted octanol–water partition coefficient (Wildman–Crippen LogP) is 0.582. The summed E-state index contributed by atoms with van der Waals surface area (Å²) in [6.45, 7) is 0. The maximum Gasteiger partial charge on any atom is 0.373 e. The number of nitro groups is 4. The number of aromatic amines is 1. The highest BCUT2D eigenvalue weighted by atomic mass is 16.6. The smallest absolute Gasteiger partial charge is 0.358 e. The minimum Gasteiger partial charge on any atom is -0.358 e. The molecule has 3 aromatic heterocycles. The molecule has 4 aromatic rings. The summed E-state index contributed by atoms with van der Waals surface area (Å²) in [5.41, 5.74) is -3.14. The Kier molecular flexibility index (Phi) is 3.17. The van der Waals surface area contributed by atoms with Gasteiger partial charge in [-0.05, 0) is 14.4 Å². The average Bonchev–Trinajstić information content (AvgIpc) is 3.15. The quantitative estimate of drug-likeness (QED) is 0.290. The van der Waals surface area contributed by atoms with Gasteiger partial charge in [-0.2, -0.15) is 0 Å². The first-order valence-corrected chi connectivity index (χ1v) is 7.08. The molecular weight excluding hydrogens is 386 g/mol. The Morgan fingerprint density at radius 1 is 0.893 bits per heavy atom. The Morgan fingerprint density at radius 2 is 1.57 bits per heavy atom. The molecule has 0 bridgehead atoms. The summed E-state index contributed by atoms with van der Waals surface area (Å²) in [5.74, 6) is -0.859. The molecule has 3 heterocycles. The number of pyridine rings is 1. The summed E-state index contributed by atoms with van der Waals surface area (Å²) < 4.78 is 1.75. The van der Waals surface area contributed by atoms with E-state index in [0.717, 1.165) is 15.3 Å². The van der Waals surface area contributed by atoms with Crippen molar-refractivity contribution in [3.8, 4) is 0 Å². The van der Waals surface area contributed by atoms with E-state index in [-0.39, 0.29) is 22.2 Å². The van der Waals surface area contributed by atoms with Gasteiger partial charge in [-0.1, -0.05) is 5.10 Å². The number of nitrogens with zero attached hydrogens (tertiary/aromatic N) is 8. The molecule has 0 aliphatic heterocycles. The second-order valence-electron chi connectivity index (χ2n) is 5.37. The molecule has 0 saturated heterocycles. The van der Waals surface area contributed by atoms with Gasteiger partial charge in [0.05, 0.1) is 25.9 Å². The lowest BCUT2D eigenvalue weighted by atomic mass is 10.2. The van der Waals surface area contributed by atoms with E-state index in [1.165, 1.54) is 0 Å². The SMILES string of the molecule is O=[N+]([O-])c1cc([N+](=O)[O-])c2n[n+]3[nH]c4c([N+](=O)[O-])cc([N+](=O)[O-])nc4n3c2c1. The van der Waals surface area contributed by atoms with Crippen LogP contribution < -0.4 is 4.74 Å². The van der Waals surface area contributed by atoms with Gasteiger partial charge in [0.25, 0.3) is 11.2 Å². The summed E-state index contributed by atoms with van der Waals surface area (Å²) in [4.78, 5) is 44.8. The van der Waals surface area contributed by atoms with Crippen LogP contribution in [0.2, 0.25) is 0 Å². The van der Waals surface area contributed by atoms with Gasteiger partial charge in [-0.3, -0.25) is 30.3 Å². The third-order valence-corrected chi connectivity index (χ3v) is 3.84. The number of nitrogens with one attached hydrogen (secondary N) is 1. The number of H-pyrrole nitrogens is 1. The molecule has 0 fully saturated rings. The zero-order chi connectivity index (χ0) is 20.3. The Hall–Kier alpha value is -4.83. The summed E-state index contributed by atoms with van der Waals surface area (Å²) in [7, 11) is 0. The average molecular weight is 390 g/mol. The number of aromatic nitrogens is 5. The highest BCUT2D eigenvalue weighted by Crippen LogP contribution is 2.31. The fourth-order valence-electron chi connectivity index (χ4n) is 2.72. The minimum atomic E-state index is -0.958. The van der Waals surface area contributed by atoms with Crippen LogP contribution in [0.15, 0.2) is 18.2 Å². The number of benzene rings is 1. The van der Waals surface area contributed by atoms with Crippen LogP contribution in [0.4, 0.5) is 22.9 Å². The molecule has 0 saturated carbocycles. The van der Waals surface area contributed by atoms with Crippen LogP contribution in [0, 0.1) is 40.5 Å². The highest BCUT2D eigenvalue weighted by molar-refractivity contribution is 5.90. The van der Waals surface area contributed by atoms with Crippen LogP contribution in [-0.2, 0) is 0 Å². The molecular formula is C11H4N9O8+. The molecule has 0 amide bonds. The second-order valence-corrected chi connectivity index (χ2v) is 5.37. The van der Waals surface area contributed by atoms with Crippen LogP contribution in [0.5, 0.6) is 0 Å². The zero-order valence-electron chi connectivity index (χ0n) is 13.1. The van der Waals surface area contributed by atoms with Gasteiger partial charge in [-0.15, -0.1) is 0 Å². The van der Waals surface area contributed by atoms with E-state index in [9.17, 15) is 40.5 Å². The molecule has 4 rings (SSSR count). The number of non-ortho nitro benzene ring substituents is 2. The summed E-state index contributed by atoms with van der Waals surface area (Å²) >= 11 is 0. The van der Waals surface area contributed by atoms with E-state index in [4.69, 9.17) is 0 Å². The molecule has 17 heteroatoms. The van der Waals surface area contributed by atoms with Crippen molar-refractivity contribution in [2.24, 2.45) is 0 Å². The monoisotopic (exact) mass is 390 g/mol. The highest BCUT2D eigenvalue weighted by Gasteiger charge is 2.35. The Bertz CT molecular complexity index is 1280. The van der Waals surface area contributed by atoms with Crippen molar-refractivity contribution >= 4 is 45.1 Å². The fraction of sp³-hybridized carbons (Fsp3) is 0. The first kappa shape index (κ1) is 16.6. The van der Waals surface area contributed by atoms with Gasteiger partial charge in [0.1, 0.15) is 10.8 Å². The van der Waals surface area contributed by atoms with Gasteiger partial charge in [0.15, 0.2) is 5.52 Å². The number of fused-ring (bicyclic) bond motifs is 5. The maximum absolute atomic E-state index is 11.3. The molecule has 0 unspecified atom stereocenters. The van der Waals surface area contributed by atoms with E-state index in [2.05, 4.69) is 15.2 Å². The summed E-state index contributed by atoms with van der Waals surface area (Å²) in [5, 5.41) is 51.0. The largest absolute Gasteiger partial charge is 0.373 e. The van der Waals surface area contributed by atoms with E-state index < -0.39 is 42.6 Å². The third kappa shape index (κ3) is 2.16. The first-order chi connectivity index (χ1) is 13.2. The van der Waals surface area contributed by atoms with Crippen molar-refractivity contribution in [3.05, 3.63) is 58.7 Å². The van der Waals surface area contributed by atoms with E-state index in [0.29, 0.717) is 12.1 Å². The van der Waals surface area contributed by atoms with E-state index in [1.54, 1.807) is 0 Å². The molecule has 1 N–H and O–H groups in total. The van der Waals surface area contributed by atoms with E-state index >= 15 is 0 Å². The van der Waals surface area contributed by atoms with Crippen molar-refractivity contribution < 1.29 is 24.4 Å². The van der Waals surface area contributed by atoms with Gasteiger partial charge in [-0.25, -0.2) is 0 Å². The van der Waals surface area contributed by atoms with Gasteiger partial charge < -0.3 is 10.1 Å². The number of hydrogen-bond donors (Lipinski definition) is 1. The van der Waals surface area contributed by atoms with Crippen LogP contribution in [0.1, 0.15) is 0 Å². The summed E-state index contributed by atoms with van der Waals surface area (Å²) in [6, 6.07) is 2.27. The fourth-order valence-corrected chi connectivity index (χ4v) is 2.72. The van der Waals surface area contributed by atoms with Crippen LogP contribution in [0.3, 0.4) is 0 Å². The molecule has 140 valence electrons. The lowest BCUT2D eigenvalue weighted by Gasteiger charge is -1.94. The molecule has 0 aliphatic carbocycles. The van der Waals surface area contributed by atoms with Gasteiger partial charge >= 0.3 is 22.8 Å².